The molecule has 8 nitrogen and oxygen atoms in total. The summed E-state index contributed by atoms with van der Waals surface area (Å²) in [7, 11) is 0. The zero-order valence-electron chi connectivity index (χ0n) is 6.10. The Hall–Kier alpha value is -2.19. The number of nitrogens with one attached hydrogen (secondary N) is 1. The van der Waals surface area contributed by atoms with Crippen molar-refractivity contribution in [2.45, 2.75) is 0 Å². The predicted octanol–water partition coefficient (Wildman–Crippen LogP) is -0.856. The Morgan fingerprint density at radius 3 is 2.54 bits per heavy atom. The third-order valence-electron chi connectivity index (χ3n) is 0.794. The summed E-state index contributed by atoms with van der Waals surface area (Å²) < 4.78 is 12.1. The van der Waals surface area contributed by atoms with E-state index in [1.165, 1.54) is 0 Å². The maximum absolute atomic E-state index is 12.1. The van der Waals surface area contributed by atoms with Gasteiger partial charge in [0.1, 0.15) is 5.82 Å². The van der Waals surface area contributed by atoms with Crippen LogP contribution in [0.15, 0.2) is 11.0 Å². The Morgan fingerprint density at radius 2 is 2.23 bits per heavy atom. The summed E-state index contributed by atoms with van der Waals surface area (Å²) in [5.41, 5.74) is 4.31. The van der Waals surface area contributed by atoms with Crippen LogP contribution in [-0.4, -0.2) is 20.3 Å². The smallest absolute Gasteiger partial charge is 0.346 e. The molecule has 0 spiro atoms. The monoisotopic (exact) mass is 192 g/mol. The molecule has 0 fully saturated rings. The third-order valence-corrected chi connectivity index (χ3v) is 0.794. The van der Waals surface area contributed by atoms with E-state index in [1.54, 1.807) is 0 Å². The van der Waals surface area contributed by atoms with Crippen molar-refractivity contribution in [3.05, 3.63) is 32.6 Å². The average molecular weight is 192 g/mol. The summed E-state index contributed by atoms with van der Waals surface area (Å²) in [6.07, 6.45) is 0.772. The third kappa shape index (κ3) is 5.12. The van der Waals surface area contributed by atoms with Gasteiger partial charge in [-0.1, -0.05) is 0 Å². The van der Waals surface area contributed by atoms with E-state index in [9.17, 15) is 9.18 Å². The van der Waals surface area contributed by atoms with E-state index in [1.807, 2.05) is 4.98 Å². The first-order chi connectivity index (χ1) is 5.93. The minimum absolute atomic E-state index is 0.282. The van der Waals surface area contributed by atoms with E-state index in [0.29, 0.717) is 0 Å². The van der Waals surface area contributed by atoms with E-state index >= 15 is 0 Å². The van der Waals surface area contributed by atoms with Gasteiger partial charge in [-0.3, -0.25) is 4.98 Å². The van der Waals surface area contributed by atoms with Gasteiger partial charge < -0.3 is 10.9 Å². The van der Waals surface area contributed by atoms with Gasteiger partial charge in [0.05, 0.1) is 6.20 Å². The Bertz CT molecular complexity index is 346. The van der Waals surface area contributed by atoms with Crippen molar-refractivity contribution in [1.29, 1.82) is 0 Å². The molecule has 0 saturated heterocycles. The summed E-state index contributed by atoms with van der Waals surface area (Å²) in [5.74, 6) is -0.996. The minimum atomic E-state index is -1.50. The largest absolute Gasteiger partial charge is 0.383 e. The van der Waals surface area contributed by atoms with Crippen LogP contribution < -0.4 is 11.4 Å². The van der Waals surface area contributed by atoms with Crippen molar-refractivity contribution in [3.8, 4) is 0 Å². The number of nitrogens with zero attached hydrogens (tertiary/aromatic N) is 2. The highest BCUT2D eigenvalue weighted by Crippen LogP contribution is 1.96. The summed E-state index contributed by atoms with van der Waals surface area (Å²) in [6, 6.07) is 0. The van der Waals surface area contributed by atoms with Crippen molar-refractivity contribution in [2.24, 2.45) is 0 Å². The van der Waals surface area contributed by atoms with Gasteiger partial charge in [-0.05, 0) is 0 Å². The zero-order valence-corrected chi connectivity index (χ0v) is 6.10. The van der Waals surface area contributed by atoms with Crippen LogP contribution >= 0.6 is 0 Å². The lowest BCUT2D eigenvalue weighted by Crippen LogP contribution is -2.12. The average Bonchev–Trinajstić information content (AvgIpc) is 1.96. The molecule has 0 radical (unpaired) electrons. The van der Waals surface area contributed by atoms with E-state index in [0.717, 1.165) is 6.20 Å². The van der Waals surface area contributed by atoms with Crippen LogP contribution in [0.4, 0.5) is 10.2 Å². The normalized spacial score (nSPS) is 8.38. The molecular formula is C4H5FN4O4. The molecule has 1 aromatic rings. The van der Waals surface area contributed by atoms with Crippen molar-refractivity contribution in [3.63, 3.8) is 0 Å². The molecule has 0 aliphatic rings. The van der Waals surface area contributed by atoms with Gasteiger partial charge in [0.2, 0.25) is 0 Å². The number of rotatable bonds is 0. The van der Waals surface area contributed by atoms with Crippen molar-refractivity contribution in [1.82, 2.24) is 9.97 Å². The number of aromatic nitrogens is 2. The van der Waals surface area contributed by atoms with Crippen LogP contribution in [0.5, 0.6) is 0 Å². The molecule has 4 N–H and O–H groups in total. The standard InChI is InChI=1S/C4H4FN3O.HNO3/c5-2-1-7-4(9)8-3(2)6;2-1(3)4/h1H,(H3,6,7,8,9);(H,2,3,4). The molecule has 9 heteroatoms. The highest BCUT2D eigenvalue weighted by molar-refractivity contribution is 5.25. The molecule has 1 heterocycles. The fourth-order valence-electron chi connectivity index (χ4n) is 0.392. The SMILES string of the molecule is Nc1[nH]c(=O)ncc1F.O=[N+]([O-])O. The van der Waals surface area contributed by atoms with Crippen molar-refractivity contribution < 1.29 is 14.7 Å². The Balaban J connectivity index is 0.000000310. The van der Waals surface area contributed by atoms with Gasteiger partial charge in [0.15, 0.2) is 5.82 Å². The molecular weight excluding hydrogens is 187 g/mol. The number of aromatic amines is 1. The number of nitrogens with two attached hydrogens (primary N) is 1. The predicted molar refractivity (Wildman–Crippen MR) is 38.0 cm³/mol. The molecule has 0 aliphatic carbocycles. The lowest BCUT2D eigenvalue weighted by Gasteiger charge is -1.89. The maximum atomic E-state index is 12.1. The van der Waals surface area contributed by atoms with E-state index < -0.39 is 16.6 Å². The molecule has 0 atom stereocenters. The lowest BCUT2D eigenvalue weighted by atomic mass is 10.6. The number of H-pyrrole nitrogens is 1. The molecule has 1 aromatic heterocycles. The van der Waals surface area contributed by atoms with E-state index in [2.05, 4.69) is 4.98 Å². The topological polar surface area (TPSA) is 135 Å². The second-order valence-electron chi connectivity index (χ2n) is 1.69. The molecule has 1 rings (SSSR count). The second kappa shape index (κ2) is 4.64. The Morgan fingerprint density at radius 1 is 1.77 bits per heavy atom. The number of halogens is 1. The number of hydrogen-bond acceptors (Lipinski definition) is 5. The van der Waals surface area contributed by atoms with Crippen LogP contribution in [-0.2, 0) is 0 Å². The minimum Gasteiger partial charge on any atom is -0.383 e. The van der Waals surface area contributed by atoms with Crippen molar-refractivity contribution in [2.75, 3.05) is 5.73 Å². The summed E-state index contributed by atoms with van der Waals surface area (Å²) in [4.78, 5) is 23.6. The van der Waals surface area contributed by atoms with Crippen LogP contribution in [0.2, 0.25) is 0 Å². The first kappa shape index (κ1) is 10.8. The summed E-state index contributed by atoms with van der Waals surface area (Å²) >= 11 is 0. The molecule has 13 heavy (non-hydrogen) atoms. The van der Waals surface area contributed by atoms with Crippen LogP contribution in [0.1, 0.15) is 0 Å². The number of nitrogen functional groups attached to an aromatic ring is 1. The first-order valence-electron chi connectivity index (χ1n) is 2.77. The van der Waals surface area contributed by atoms with Gasteiger partial charge in [0, 0.05) is 0 Å². The molecule has 0 aliphatic heterocycles. The van der Waals surface area contributed by atoms with Gasteiger partial charge in [-0.2, -0.15) is 4.98 Å². The number of hydrogen-bond donors (Lipinski definition) is 3. The van der Waals surface area contributed by atoms with Gasteiger partial charge in [-0.15, -0.1) is 10.1 Å². The number of anilines is 1. The fraction of sp³-hybridized carbons (Fsp3) is 0. The maximum Gasteiger partial charge on any atom is 0.346 e. The second-order valence-corrected chi connectivity index (χ2v) is 1.69. The molecule has 0 amide bonds. The lowest BCUT2D eigenvalue weighted by molar-refractivity contribution is -0.742. The zero-order chi connectivity index (χ0) is 10.4. The first-order valence-corrected chi connectivity index (χ1v) is 2.77. The molecule has 0 aromatic carbocycles. The van der Waals surface area contributed by atoms with Crippen LogP contribution in [0.25, 0.3) is 0 Å². The van der Waals surface area contributed by atoms with Crippen molar-refractivity contribution >= 4 is 5.82 Å². The highest BCUT2D eigenvalue weighted by atomic mass is 19.1. The molecule has 0 unspecified atom stereocenters. The quantitative estimate of drug-likeness (QED) is 0.361. The van der Waals surface area contributed by atoms with Gasteiger partial charge >= 0.3 is 5.69 Å². The Labute approximate surface area is 69.9 Å². The van der Waals surface area contributed by atoms with Crippen LogP contribution in [0, 0.1) is 15.9 Å². The van der Waals surface area contributed by atoms with E-state index in [4.69, 9.17) is 21.1 Å². The fourth-order valence-corrected chi connectivity index (χ4v) is 0.392. The summed E-state index contributed by atoms with van der Waals surface area (Å²) in [5, 5.41) is 13.6. The highest BCUT2D eigenvalue weighted by Gasteiger charge is 1.95. The van der Waals surface area contributed by atoms with E-state index in [-0.39, 0.29) is 5.82 Å². The van der Waals surface area contributed by atoms with Gasteiger partial charge in [0.25, 0.3) is 5.09 Å². The molecule has 72 valence electrons. The molecule has 0 saturated carbocycles. The Kier molecular flexibility index (Phi) is 3.86. The summed E-state index contributed by atoms with van der Waals surface area (Å²) in [6.45, 7) is 0. The van der Waals surface area contributed by atoms with Crippen LogP contribution in [0.3, 0.4) is 0 Å². The van der Waals surface area contributed by atoms with Gasteiger partial charge in [-0.25, -0.2) is 9.18 Å². The molecule has 0 bridgehead atoms.